The molecule has 0 atom stereocenters. The summed E-state index contributed by atoms with van der Waals surface area (Å²) < 4.78 is 9.79. The number of methoxy groups -OCH3 is 2. The van der Waals surface area contributed by atoms with Gasteiger partial charge in [0.15, 0.2) is 0 Å². The maximum Gasteiger partial charge on any atom is 0.337 e. The van der Waals surface area contributed by atoms with Crippen molar-refractivity contribution in [2.75, 3.05) is 14.2 Å². The van der Waals surface area contributed by atoms with E-state index >= 15 is 0 Å². The molecule has 0 bridgehead atoms. The molecular formula is C13H13NO3. The highest BCUT2D eigenvalue weighted by molar-refractivity contribution is 5.90. The zero-order chi connectivity index (χ0) is 12.7. The van der Waals surface area contributed by atoms with E-state index in [2.05, 4.69) is 4.74 Å². The van der Waals surface area contributed by atoms with Crippen molar-refractivity contribution >= 4 is 12.0 Å². The average Bonchev–Trinajstić information content (AvgIpc) is 2.38. The van der Waals surface area contributed by atoms with Crippen molar-refractivity contribution in [3.8, 4) is 11.8 Å². The number of allylic oxidation sites excluding steroid dienone is 1. The minimum absolute atomic E-state index is 0.335. The maximum atomic E-state index is 11.3. The van der Waals surface area contributed by atoms with Gasteiger partial charge in [-0.3, -0.25) is 0 Å². The molecule has 0 fully saturated rings. The molecule has 4 heteroatoms. The normalized spacial score (nSPS) is 9.94. The molecular weight excluding hydrogens is 218 g/mol. The summed E-state index contributed by atoms with van der Waals surface area (Å²) in [6.07, 6.45) is 3.85. The summed E-state index contributed by atoms with van der Waals surface area (Å²) in [4.78, 5) is 11.3. The van der Waals surface area contributed by atoms with Crippen LogP contribution in [0, 0.1) is 11.3 Å². The molecule has 0 aliphatic rings. The van der Waals surface area contributed by atoms with Crippen LogP contribution >= 0.6 is 0 Å². The van der Waals surface area contributed by atoms with Crippen LogP contribution in [0.2, 0.25) is 0 Å². The lowest BCUT2D eigenvalue weighted by atomic mass is 10.1. The minimum atomic E-state index is -0.407. The standard InChI is InChI=1S/C13H13NO3/c1-16-12-9-11(13(15)17-2)7-6-10(12)5-3-4-8-14/h3,5-7,9H,4H2,1-2H3. The number of benzene rings is 1. The zero-order valence-electron chi connectivity index (χ0n) is 9.77. The molecule has 0 aliphatic carbocycles. The maximum absolute atomic E-state index is 11.3. The quantitative estimate of drug-likeness (QED) is 0.746. The monoisotopic (exact) mass is 231 g/mol. The SMILES string of the molecule is COC(=O)c1ccc(C=CCC#N)c(OC)c1. The molecule has 0 saturated heterocycles. The third-order valence-corrected chi connectivity index (χ3v) is 2.16. The Labute approximate surface area is 100 Å². The third-order valence-electron chi connectivity index (χ3n) is 2.16. The topological polar surface area (TPSA) is 59.3 Å². The van der Waals surface area contributed by atoms with Crippen LogP contribution in [0.4, 0.5) is 0 Å². The lowest BCUT2D eigenvalue weighted by Gasteiger charge is -2.06. The molecule has 0 N–H and O–H groups in total. The molecule has 17 heavy (non-hydrogen) atoms. The van der Waals surface area contributed by atoms with Crippen molar-refractivity contribution in [2.45, 2.75) is 6.42 Å². The molecule has 0 unspecified atom stereocenters. The Morgan fingerprint density at radius 1 is 1.47 bits per heavy atom. The fraction of sp³-hybridized carbons (Fsp3) is 0.231. The molecule has 4 nitrogen and oxygen atoms in total. The van der Waals surface area contributed by atoms with Gasteiger partial charge in [-0.05, 0) is 12.1 Å². The van der Waals surface area contributed by atoms with Gasteiger partial charge in [0, 0.05) is 5.56 Å². The van der Waals surface area contributed by atoms with E-state index < -0.39 is 5.97 Å². The molecule has 0 heterocycles. The van der Waals surface area contributed by atoms with Gasteiger partial charge in [-0.1, -0.05) is 18.2 Å². The van der Waals surface area contributed by atoms with Gasteiger partial charge in [-0.25, -0.2) is 4.79 Å². The van der Waals surface area contributed by atoms with Crippen LogP contribution in [0.3, 0.4) is 0 Å². The first kappa shape index (κ1) is 12.8. The van der Waals surface area contributed by atoms with Gasteiger partial charge in [0.2, 0.25) is 0 Å². The number of hydrogen-bond donors (Lipinski definition) is 0. The summed E-state index contributed by atoms with van der Waals surface area (Å²) in [6, 6.07) is 7.02. The van der Waals surface area contributed by atoms with E-state index in [0.717, 1.165) is 5.56 Å². The van der Waals surface area contributed by atoms with E-state index in [0.29, 0.717) is 17.7 Å². The van der Waals surface area contributed by atoms with Crippen LogP contribution in [0.25, 0.3) is 6.08 Å². The van der Waals surface area contributed by atoms with E-state index in [4.69, 9.17) is 10.00 Å². The van der Waals surface area contributed by atoms with Crippen molar-refractivity contribution in [3.05, 3.63) is 35.4 Å². The van der Waals surface area contributed by atoms with Gasteiger partial charge >= 0.3 is 5.97 Å². The van der Waals surface area contributed by atoms with Gasteiger partial charge in [0.1, 0.15) is 5.75 Å². The van der Waals surface area contributed by atoms with Gasteiger partial charge in [-0.15, -0.1) is 0 Å². The van der Waals surface area contributed by atoms with Gasteiger partial charge < -0.3 is 9.47 Å². The molecule has 0 radical (unpaired) electrons. The molecule has 0 saturated carbocycles. The van der Waals surface area contributed by atoms with Crippen molar-refractivity contribution in [2.24, 2.45) is 0 Å². The van der Waals surface area contributed by atoms with E-state index in [1.54, 1.807) is 30.4 Å². The summed E-state index contributed by atoms with van der Waals surface area (Å²) in [5.74, 6) is 0.165. The van der Waals surface area contributed by atoms with Crippen LogP contribution < -0.4 is 4.74 Å². The van der Waals surface area contributed by atoms with Crippen molar-refractivity contribution in [1.29, 1.82) is 5.26 Å². The van der Waals surface area contributed by atoms with E-state index in [9.17, 15) is 4.79 Å². The van der Waals surface area contributed by atoms with E-state index in [1.807, 2.05) is 6.07 Å². The minimum Gasteiger partial charge on any atom is -0.496 e. The fourth-order valence-electron chi connectivity index (χ4n) is 1.33. The summed E-state index contributed by atoms with van der Waals surface area (Å²) >= 11 is 0. The Balaban J connectivity index is 3.02. The molecule has 1 aromatic rings. The molecule has 0 amide bonds. The van der Waals surface area contributed by atoms with E-state index in [-0.39, 0.29) is 0 Å². The largest absolute Gasteiger partial charge is 0.496 e. The fourth-order valence-corrected chi connectivity index (χ4v) is 1.33. The predicted molar refractivity (Wildman–Crippen MR) is 63.6 cm³/mol. The van der Waals surface area contributed by atoms with Crippen molar-refractivity contribution in [3.63, 3.8) is 0 Å². The second kappa shape index (κ2) is 6.33. The number of ether oxygens (including phenoxy) is 2. The Morgan fingerprint density at radius 3 is 2.82 bits per heavy atom. The average molecular weight is 231 g/mol. The number of carbonyl (C=O) groups excluding carboxylic acids is 1. The molecule has 0 spiro atoms. The van der Waals surface area contributed by atoms with E-state index in [1.165, 1.54) is 14.2 Å². The number of hydrogen-bond acceptors (Lipinski definition) is 4. The first-order chi connectivity index (χ1) is 8.22. The number of nitriles is 1. The first-order valence-electron chi connectivity index (χ1n) is 5.02. The van der Waals surface area contributed by atoms with Gasteiger partial charge in [0.25, 0.3) is 0 Å². The number of carbonyl (C=O) groups is 1. The third kappa shape index (κ3) is 3.35. The molecule has 88 valence electrons. The van der Waals surface area contributed by atoms with Gasteiger partial charge in [0.05, 0.1) is 32.3 Å². The van der Waals surface area contributed by atoms with Crippen LogP contribution in [0.15, 0.2) is 24.3 Å². The van der Waals surface area contributed by atoms with Crippen LogP contribution in [0.5, 0.6) is 5.75 Å². The Morgan fingerprint density at radius 2 is 2.24 bits per heavy atom. The highest BCUT2D eigenvalue weighted by Crippen LogP contribution is 2.22. The number of nitrogens with zero attached hydrogens (tertiary/aromatic N) is 1. The van der Waals surface area contributed by atoms with Crippen LogP contribution in [-0.2, 0) is 4.74 Å². The smallest absolute Gasteiger partial charge is 0.337 e. The second-order valence-electron chi connectivity index (χ2n) is 3.21. The van der Waals surface area contributed by atoms with Crippen LogP contribution in [-0.4, -0.2) is 20.2 Å². The summed E-state index contributed by atoms with van der Waals surface area (Å²) in [5.41, 5.74) is 1.25. The molecule has 1 aromatic carbocycles. The zero-order valence-corrected chi connectivity index (χ0v) is 9.77. The first-order valence-corrected chi connectivity index (χ1v) is 5.02. The lowest BCUT2D eigenvalue weighted by Crippen LogP contribution is -2.01. The molecule has 0 aromatic heterocycles. The second-order valence-corrected chi connectivity index (χ2v) is 3.21. The summed E-state index contributed by atoms with van der Waals surface area (Å²) in [7, 11) is 2.85. The Kier molecular flexibility index (Phi) is 4.77. The highest BCUT2D eigenvalue weighted by atomic mass is 16.5. The number of esters is 1. The summed E-state index contributed by atoms with van der Waals surface area (Å²) in [5, 5.41) is 8.43. The molecule has 1 rings (SSSR count). The van der Waals surface area contributed by atoms with Crippen molar-refractivity contribution in [1.82, 2.24) is 0 Å². The molecule has 0 aliphatic heterocycles. The Bertz CT molecular complexity index is 472. The Hall–Kier alpha value is -2.28. The van der Waals surface area contributed by atoms with Gasteiger partial charge in [-0.2, -0.15) is 5.26 Å². The van der Waals surface area contributed by atoms with Crippen molar-refractivity contribution < 1.29 is 14.3 Å². The number of rotatable bonds is 4. The highest BCUT2D eigenvalue weighted by Gasteiger charge is 2.08. The van der Waals surface area contributed by atoms with Crippen LogP contribution in [0.1, 0.15) is 22.3 Å². The lowest BCUT2D eigenvalue weighted by molar-refractivity contribution is 0.0600. The summed E-state index contributed by atoms with van der Waals surface area (Å²) in [6.45, 7) is 0. The predicted octanol–water partition coefficient (Wildman–Crippen LogP) is 2.41.